The van der Waals surface area contributed by atoms with Gasteiger partial charge in [-0.1, -0.05) is 12.2 Å². The van der Waals surface area contributed by atoms with Crippen molar-refractivity contribution in [2.24, 2.45) is 0 Å². The first-order valence-corrected chi connectivity index (χ1v) is 4.82. The summed E-state index contributed by atoms with van der Waals surface area (Å²) in [4.78, 5) is 3.95. The van der Waals surface area contributed by atoms with Gasteiger partial charge in [0.25, 0.3) is 0 Å². The van der Waals surface area contributed by atoms with Gasteiger partial charge >= 0.3 is 0 Å². The van der Waals surface area contributed by atoms with E-state index in [1.54, 1.807) is 24.5 Å². The number of rotatable bonds is 5. The molecule has 1 heterocycles. The molecule has 1 aromatic heterocycles. The summed E-state index contributed by atoms with van der Waals surface area (Å²) in [5.41, 5.74) is 0.437. The highest BCUT2D eigenvalue weighted by molar-refractivity contribution is 5.32. The summed E-state index contributed by atoms with van der Waals surface area (Å²) in [6, 6.07) is 6.11. The summed E-state index contributed by atoms with van der Waals surface area (Å²) in [6.45, 7) is 7.40. The molecule has 0 N–H and O–H groups in total. The zero-order valence-electron chi connectivity index (χ0n) is 8.69. The predicted octanol–water partition coefficient (Wildman–Crippen LogP) is 3.00. The molecule has 0 amide bonds. The summed E-state index contributed by atoms with van der Waals surface area (Å²) >= 11 is 0. The van der Waals surface area contributed by atoms with Crippen LogP contribution in [-0.4, -0.2) is 4.98 Å². The first kappa shape index (κ1) is 11.2. The van der Waals surface area contributed by atoms with Crippen molar-refractivity contribution in [1.82, 2.24) is 4.98 Å². The molecule has 0 radical (unpaired) electrons. The fourth-order valence-electron chi connectivity index (χ4n) is 1.64. The Balaban J connectivity index is 3.15. The molecule has 0 aromatic carbocycles. The lowest BCUT2D eigenvalue weighted by atomic mass is 9.76. The van der Waals surface area contributed by atoms with Crippen molar-refractivity contribution in [3.8, 4) is 6.07 Å². The second-order valence-electron chi connectivity index (χ2n) is 3.42. The molecule has 1 rings (SSSR count). The maximum atomic E-state index is 9.33. The zero-order valence-corrected chi connectivity index (χ0v) is 8.69. The molecule has 0 aliphatic heterocycles. The molecule has 2 heteroatoms. The van der Waals surface area contributed by atoms with Gasteiger partial charge in [0, 0.05) is 12.4 Å². The minimum absolute atomic E-state index is 0.535. The van der Waals surface area contributed by atoms with Crippen LogP contribution in [-0.2, 0) is 5.41 Å². The van der Waals surface area contributed by atoms with E-state index in [0.717, 1.165) is 5.56 Å². The summed E-state index contributed by atoms with van der Waals surface area (Å²) < 4.78 is 0. The van der Waals surface area contributed by atoms with Gasteiger partial charge in [0.1, 0.15) is 0 Å². The molecule has 0 unspecified atom stereocenters. The number of hydrogen-bond donors (Lipinski definition) is 0. The Hall–Kier alpha value is -1.88. The quantitative estimate of drug-likeness (QED) is 0.682. The van der Waals surface area contributed by atoms with Crippen molar-refractivity contribution in [2.45, 2.75) is 18.3 Å². The van der Waals surface area contributed by atoms with E-state index in [-0.39, 0.29) is 0 Å². The van der Waals surface area contributed by atoms with Gasteiger partial charge in [0.2, 0.25) is 0 Å². The molecule has 0 bridgehead atoms. The molecular weight excluding hydrogens is 184 g/mol. The molecule has 0 fully saturated rings. The summed E-state index contributed by atoms with van der Waals surface area (Å²) in [7, 11) is 0. The molecule has 0 saturated carbocycles. The topological polar surface area (TPSA) is 36.7 Å². The van der Waals surface area contributed by atoms with Gasteiger partial charge in [-0.05, 0) is 30.5 Å². The van der Waals surface area contributed by atoms with Gasteiger partial charge in [-0.2, -0.15) is 5.26 Å². The zero-order chi connectivity index (χ0) is 11.1. The second-order valence-corrected chi connectivity index (χ2v) is 3.42. The van der Waals surface area contributed by atoms with Crippen LogP contribution in [0.4, 0.5) is 0 Å². The monoisotopic (exact) mass is 198 g/mol. The van der Waals surface area contributed by atoms with E-state index in [0.29, 0.717) is 12.8 Å². The van der Waals surface area contributed by atoms with E-state index in [9.17, 15) is 5.26 Å². The fourth-order valence-corrected chi connectivity index (χ4v) is 1.64. The molecule has 0 aliphatic rings. The molecule has 1 aromatic rings. The summed E-state index contributed by atoms with van der Waals surface area (Å²) in [5, 5.41) is 9.33. The molecule has 0 spiro atoms. The van der Waals surface area contributed by atoms with Crippen LogP contribution >= 0.6 is 0 Å². The van der Waals surface area contributed by atoms with Crippen LogP contribution in [0.5, 0.6) is 0 Å². The van der Waals surface area contributed by atoms with Crippen LogP contribution in [0.3, 0.4) is 0 Å². The van der Waals surface area contributed by atoms with E-state index in [4.69, 9.17) is 0 Å². The molecule has 2 nitrogen and oxygen atoms in total. The second kappa shape index (κ2) is 5.11. The first-order valence-electron chi connectivity index (χ1n) is 4.82. The van der Waals surface area contributed by atoms with Crippen LogP contribution in [0.15, 0.2) is 49.8 Å². The lowest BCUT2D eigenvalue weighted by molar-refractivity contribution is 0.565. The van der Waals surface area contributed by atoms with E-state index >= 15 is 0 Å². The minimum Gasteiger partial charge on any atom is -0.265 e. The Bertz CT molecular complexity index is 363. The van der Waals surface area contributed by atoms with Crippen molar-refractivity contribution in [1.29, 1.82) is 5.26 Å². The molecular formula is C13H14N2. The standard InChI is InChI=1S/C13H14N2/c1-3-7-13(11-14,8-4-2)12-5-9-15-10-6-12/h3-6,9-10H,1-2,7-8H2. The van der Waals surface area contributed by atoms with Crippen molar-refractivity contribution >= 4 is 0 Å². The third kappa shape index (κ3) is 2.32. The van der Waals surface area contributed by atoms with Crippen molar-refractivity contribution in [3.63, 3.8) is 0 Å². The van der Waals surface area contributed by atoms with Crippen LogP contribution < -0.4 is 0 Å². The van der Waals surface area contributed by atoms with Gasteiger partial charge in [0.15, 0.2) is 0 Å². The fraction of sp³-hybridized carbons (Fsp3) is 0.231. The maximum Gasteiger partial charge on any atom is 0.0891 e. The van der Waals surface area contributed by atoms with Crippen molar-refractivity contribution in [2.75, 3.05) is 0 Å². The molecule has 76 valence electrons. The number of hydrogen-bond acceptors (Lipinski definition) is 2. The number of pyridine rings is 1. The summed E-state index contributed by atoms with van der Waals surface area (Å²) in [6.07, 6.45) is 8.20. The maximum absolute atomic E-state index is 9.33. The lowest BCUT2D eigenvalue weighted by Gasteiger charge is -2.23. The number of nitrogens with zero attached hydrogens (tertiary/aromatic N) is 2. The highest BCUT2D eigenvalue weighted by Gasteiger charge is 2.29. The summed E-state index contributed by atoms with van der Waals surface area (Å²) in [5.74, 6) is 0. The van der Waals surface area contributed by atoms with Gasteiger partial charge in [-0.25, -0.2) is 0 Å². The van der Waals surface area contributed by atoms with Crippen molar-refractivity contribution < 1.29 is 0 Å². The van der Waals surface area contributed by atoms with Crippen molar-refractivity contribution in [3.05, 3.63) is 55.4 Å². The Labute approximate surface area is 90.6 Å². The third-order valence-electron chi connectivity index (χ3n) is 2.43. The Morgan fingerprint density at radius 2 is 1.80 bits per heavy atom. The largest absolute Gasteiger partial charge is 0.265 e. The van der Waals surface area contributed by atoms with Gasteiger partial charge in [-0.3, -0.25) is 4.98 Å². The van der Waals surface area contributed by atoms with E-state index in [2.05, 4.69) is 24.2 Å². The van der Waals surface area contributed by atoms with Gasteiger partial charge < -0.3 is 0 Å². The van der Waals surface area contributed by atoms with E-state index in [1.807, 2.05) is 12.1 Å². The molecule has 0 atom stereocenters. The average Bonchev–Trinajstić information content (AvgIpc) is 2.30. The molecule has 15 heavy (non-hydrogen) atoms. The SMILES string of the molecule is C=CCC(C#N)(CC=C)c1ccncc1. The molecule has 0 aliphatic carbocycles. The first-order chi connectivity index (χ1) is 7.29. The highest BCUT2D eigenvalue weighted by Crippen LogP contribution is 2.31. The van der Waals surface area contributed by atoms with Crippen LogP contribution in [0.2, 0.25) is 0 Å². The van der Waals surface area contributed by atoms with E-state index in [1.165, 1.54) is 0 Å². The normalized spacial score (nSPS) is 10.3. The Morgan fingerprint density at radius 1 is 1.27 bits per heavy atom. The van der Waals surface area contributed by atoms with Gasteiger partial charge in [-0.15, -0.1) is 13.2 Å². The molecule has 0 saturated heterocycles. The number of nitriles is 1. The predicted molar refractivity (Wildman–Crippen MR) is 61.2 cm³/mol. The van der Waals surface area contributed by atoms with E-state index < -0.39 is 5.41 Å². The highest BCUT2D eigenvalue weighted by atomic mass is 14.6. The van der Waals surface area contributed by atoms with Crippen LogP contribution in [0, 0.1) is 11.3 Å². The average molecular weight is 198 g/mol. The smallest absolute Gasteiger partial charge is 0.0891 e. The van der Waals surface area contributed by atoms with Gasteiger partial charge in [0.05, 0.1) is 11.5 Å². The van der Waals surface area contributed by atoms with Crippen LogP contribution in [0.25, 0.3) is 0 Å². The number of aromatic nitrogens is 1. The van der Waals surface area contributed by atoms with Crippen LogP contribution in [0.1, 0.15) is 18.4 Å². The minimum atomic E-state index is -0.535. The lowest BCUT2D eigenvalue weighted by Crippen LogP contribution is -2.22. The Morgan fingerprint density at radius 3 is 2.20 bits per heavy atom. The number of allylic oxidation sites excluding steroid dienone is 2. The Kier molecular flexibility index (Phi) is 3.82. The third-order valence-corrected chi connectivity index (χ3v) is 2.43.